The lowest BCUT2D eigenvalue weighted by molar-refractivity contribution is -0.116. The predicted molar refractivity (Wildman–Crippen MR) is 93.9 cm³/mol. The van der Waals surface area contributed by atoms with E-state index in [-0.39, 0.29) is 18.1 Å². The number of aromatic amines is 1. The lowest BCUT2D eigenvalue weighted by Gasteiger charge is -2.03. The van der Waals surface area contributed by atoms with E-state index in [1.165, 1.54) is 0 Å². The molecule has 1 amide bonds. The van der Waals surface area contributed by atoms with Gasteiger partial charge in [-0.15, -0.1) is 10.2 Å². The lowest BCUT2D eigenvalue weighted by Crippen LogP contribution is -2.10. The van der Waals surface area contributed by atoms with Gasteiger partial charge in [-0.1, -0.05) is 29.3 Å². The second-order valence-corrected chi connectivity index (χ2v) is 5.68. The molecule has 1 heterocycles. The molecule has 3 rings (SSSR count). The van der Waals surface area contributed by atoms with Crippen LogP contribution in [0.15, 0.2) is 52.7 Å². The van der Waals surface area contributed by atoms with E-state index in [0.717, 1.165) is 27.7 Å². The first-order valence-corrected chi connectivity index (χ1v) is 7.59. The molecule has 0 aliphatic heterocycles. The highest BCUT2D eigenvalue weighted by molar-refractivity contribution is 5.95. The van der Waals surface area contributed by atoms with Gasteiger partial charge in [0, 0.05) is 11.1 Å². The summed E-state index contributed by atoms with van der Waals surface area (Å²) in [5.74, 6) is -0.518. The van der Waals surface area contributed by atoms with Crippen molar-refractivity contribution in [1.82, 2.24) is 4.98 Å². The van der Waals surface area contributed by atoms with Crippen molar-refractivity contribution in [3.05, 3.63) is 53.6 Å². The van der Waals surface area contributed by atoms with Gasteiger partial charge in [0.15, 0.2) is 5.69 Å². The van der Waals surface area contributed by atoms with Crippen LogP contribution >= 0.6 is 0 Å². The number of benzene rings is 2. The quantitative estimate of drug-likeness (QED) is 0.628. The fourth-order valence-corrected chi connectivity index (χ4v) is 2.37. The SMILES string of the molecule is Cc1ccc(NCC(=O)N=Nc2c(O)[nH]c3ccc(C)cc23)cc1. The Kier molecular flexibility index (Phi) is 4.29. The first-order valence-electron chi connectivity index (χ1n) is 7.59. The minimum absolute atomic E-state index is 0.0364. The van der Waals surface area contributed by atoms with Gasteiger partial charge in [-0.25, -0.2) is 0 Å². The van der Waals surface area contributed by atoms with Crippen LogP contribution in [0.1, 0.15) is 11.1 Å². The van der Waals surface area contributed by atoms with Crippen LogP contribution in [0.3, 0.4) is 0 Å². The summed E-state index contributed by atoms with van der Waals surface area (Å²) in [4.78, 5) is 14.7. The Morgan fingerprint density at radius 3 is 2.58 bits per heavy atom. The number of rotatable bonds is 4. The molecule has 3 aromatic rings. The van der Waals surface area contributed by atoms with Crippen LogP contribution < -0.4 is 5.32 Å². The second kappa shape index (κ2) is 6.54. The Hall–Kier alpha value is -3.15. The summed E-state index contributed by atoms with van der Waals surface area (Å²) in [5.41, 5.74) is 4.05. The molecular formula is C18H18N4O2. The minimum atomic E-state index is -0.419. The molecule has 6 heteroatoms. The highest BCUT2D eigenvalue weighted by atomic mass is 16.3. The van der Waals surface area contributed by atoms with Crippen molar-refractivity contribution in [2.24, 2.45) is 10.2 Å². The van der Waals surface area contributed by atoms with E-state index in [4.69, 9.17) is 0 Å². The number of aromatic hydroxyl groups is 1. The Labute approximate surface area is 139 Å². The molecule has 0 fully saturated rings. The zero-order valence-corrected chi connectivity index (χ0v) is 13.5. The van der Waals surface area contributed by atoms with E-state index in [1.54, 1.807) is 0 Å². The summed E-state index contributed by atoms with van der Waals surface area (Å²) in [6, 6.07) is 13.4. The van der Waals surface area contributed by atoms with Crippen molar-refractivity contribution in [1.29, 1.82) is 0 Å². The maximum atomic E-state index is 11.9. The van der Waals surface area contributed by atoms with E-state index in [9.17, 15) is 9.90 Å². The second-order valence-electron chi connectivity index (χ2n) is 5.68. The molecule has 0 unspecified atom stereocenters. The van der Waals surface area contributed by atoms with Gasteiger partial charge in [-0.3, -0.25) is 4.79 Å². The smallest absolute Gasteiger partial charge is 0.283 e. The van der Waals surface area contributed by atoms with Crippen molar-refractivity contribution in [3.63, 3.8) is 0 Å². The molecule has 0 aliphatic rings. The van der Waals surface area contributed by atoms with Gasteiger partial charge < -0.3 is 15.4 Å². The van der Waals surface area contributed by atoms with Crippen LogP contribution in [0.4, 0.5) is 11.4 Å². The number of carbonyl (C=O) groups excluding carboxylic acids is 1. The number of hydrogen-bond donors (Lipinski definition) is 3. The number of carbonyl (C=O) groups is 1. The van der Waals surface area contributed by atoms with Crippen molar-refractivity contribution >= 4 is 28.2 Å². The zero-order chi connectivity index (χ0) is 17.1. The summed E-state index contributed by atoms with van der Waals surface area (Å²) < 4.78 is 0. The van der Waals surface area contributed by atoms with Gasteiger partial charge in [-0.2, -0.15) is 0 Å². The average Bonchev–Trinajstić information content (AvgIpc) is 2.87. The van der Waals surface area contributed by atoms with Crippen LogP contribution in [0, 0.1) is 13.8 Å². The summed E-state index contributed by atoms with van der Waals surface area (Å²) in [5, 5.41) is 21.3. The molecule has 2 aromatic carbocycles. The molecule has 3 N–H and O–H groups in total. The minimum Gasteiger partial charge on any atom is -0.493 e. The number of hydrogen-bond acceptors (Lipinski definition) is 4. The molecule has 0 radical (unpaired) electrons. The van der Waals surface area contributed by atoms with Gasteiger partial charge in [0.25, 0.3) is 5.91 Å². The van der Waals surface area contributed by atoms with Crippen LogP contribution in [0.2, 0.25) is 0 Å². The number of fused-ring (bicyclic) bond motifs is 1. The number of nitrogens with one attached hydrogen (secondary N) is 2. The fourth-order valence-electron chi connectivity index (χ4n) is 2.37. The highest BCUT2D eigenvalue weighted by Gasteiger charge is 2.11. The maximum absolute atomic E-state index is 11.9. The molecule has 0 spiro atoms. The summed E-state index contributed by atoms with van der Waals surface area (Å²) in [7, 11) is 0. The number of H-pyrrole nitrogens is 1. The topological polar surface area (TPSA) is 89.8 Å². The molecule has 24 heavy (non-hydrogen) atoms. The maximum Gasteiger partial charge on any atom is 0.283 e. The van der Waals surface area contributed by atoms with Crippen molar-refractivity contribution in [2.45, 2.75) is 13.8 Å². The number of nitrogens with zero attached hydrogens (tertiary/aromatic N) is 2. The number of aromatic nitrogens is 1. The van der Waals surface area contributed by atoms with Gasteiger partial charge >= 0.3 is 0 Å². The molecule has 0 saturated carbocycles. The summed E-state index contributed by atoms with van der Waals surface area (Å²) in [6.45, 7) is 3.98. The van der Waals surface area contributed by atoms with Crippen LogP contribution in [0.25, 0.3) is 10.9 Å². The molecule has 0 saturated heterocycles. The number of aryl methyl sites for hydroxylation is 2. The normalized spacial score (nSPS) is 11.2. The molecule has 0 bridgehead atoms. The van der Waals surface area contributed by atoms with E-state index in [2.05, 4.69) is 20.5 Å². The van der Waals surface area contributed by atoms with Crippen LogP contribution in [0.5, 0.6) is 5.88 Å². The largest absolute Gasteiger partial charge is 0.493 e. The first kappa shape index (κ1) is 15.7. The van der Waals surface area contributed by atoms with Gasteiger partial charge in [-0.05, 0) is 38.1 Å². The van der Waals surface area contributed by atoms with E-state index in [0.29, 0.717) is 0 Å². The highest BCUT2D eigenvalue weighted by Crippen LogP contribution is 2.35. The third-order valence-corrected chi connectivity index (χ3v) is 3.66. The molecule has 122 valence electrons. The van der Waals surface area contributed by atoms with Crippen LogP contribution in [-0.2, 0) is 4.79 Å². The van der Waals surface area contributed by atoms with Gasteiger partial charge in [0.2, 0.25) is 5.88 Å². The molecule has 0 aliphatic carbocycles. The number of amides is 1. The Balaban J connectivity index is 1.71. The van der Waals surface area contributed by atoms with Crippen LogP contribution in [-0.4, -0.2) is 22.5 Å². The Morgan fingerprint density at radius 1 is 1.12 bits per heavy atom. The molecule has 0 atom stereocenters. The average molecular weight is 322 g/mol. The van der Waals surface area contributed by atoms with Crippen molar-refractivity contribution in [2.75, 3.05) is 11.9 Å². The molecule has 6 nitrogen and oxygen atoms in total. The van der Waals surface area contributed by atoms with E-state index >= 15 is 0 Å². The Morgan fingerprint density at radius 2 is 1.83 bits per heavy atom. The third kappa shape index (κ3) is 3.43. The monoisotopic (exact) mass is 322 g/mol. The zero-order valence-electron chi connectivity index (χ0n) is 13.5. The summed E-state index contributed by atoms with van der Waals surface area (Å²) >= 11 is 0. The van der Waals surface area contributed by atoms with E-state index < -0.39 is 5.91 Å². The Bertz CT molecular complexity index is 911. The predicted octanol–water partition coefficient (Wildman–Crippen LogP) is 4.21. The lowest BCUT2D eigenvalue weighted by atomic mass is 10.2. The molecular weight excluding hydrogens is 304 g/mol. The first-order chi connectivity index (χ1) is 11.5. The third-order valence-electron chi connectivity index (χ3n) is 3.66. The van der Waals surface area contributed by atoms with E-state index in [1.807, 2.05) is 56.3 Å². The van der Waals surface area contributed by atoms with Gasteiger partial charge in [0.1, 0.15) is 0 Å². The number of anilines is 1. The fraction of sp³-hybridized carbons (Fsp3) is 0.167. The van der Waals surface area contributed by atoms with Crippen molar-refractivity contribution < 1.29 is 9.90 Å². The number of azo groups is 1. The van der Waals surface area contributed by atoms with Gasteiger partial charge in [0.05, 0.1) is 12.1 Å². The van der Waals surface area contributed by atoms with Crippen molar-refractivity contribution in [3.8, 4) is 5.88 Å². The summed E-state index contributed by atoms with van der Waals surface area (Å²) in [6.07, 6.45) is 0. The molecule has 1 aromatic heterocycles. The standard InChI is InChI=1S/C18H18N4O2/c1-11-3-6-13(7-4-11)19-10-16(23)21-22-17-14-9-12(2)5-8-15(14)20-18(17)24/h3-9,19-20,24H,10H2,1-2H3.